The zero-order valence-electron chi connectivity index (χ0n) is 12.6. The molecular weight excluding hydrogens is 250 g/mol. The molecule has 1 aliphatic rings. The molecule has 0 heterocycles. The Morgan fingerprint density at radius 1 is 1.35 bits per heavy atom. The molecule has 1 N–H and O–H groups in total. The van der Waals surface area contributed by atoms with Crippen molar-refractivity contribution in [3.8, 4) is 0 Å². The molecule has 1 unspecified atom stereocenters. The molecule has 0 aliphatic heterocycles. The summed E-state index contributed by atoms with van der Waals surface area (Å²) in [6.07, 6.45) is 5.91. The van der Waals surface area contributed by atoms with Crippen molar-refractivity contribution in [2.75, 3.05) is 13.7 Å². The summed E-state index contributed by atoms with van der Waals surface area (Å²) >= 11 is 0. The summed E-state index contributed by atoms with van der Waals surface area (Å²) in [4.78, 5) is 11.9. The number of rotatable bonds is 5. The average molecular weight is 275 g/mol. The van der Waals surface area contributed by atoms with Gasteiger partial charge in [0, 0.05) is 0 Å². The van der Waals surface area contributed by atoms with Crippen molar-refractivity contribution in [1.29, 1.82) is 0 Å². The number of fused-ring (bicyclic) bond motifs is 1. The lowest BCUT2D eigenvalue weighted by Gasteiger charge is -2.35. The van der Waals surface area contributed by atoms with Crippen molar-refractivity contribution < 1.29 is 9.53 Å². The van der Waals surface area contributed by atoms with Crippen LogP contribution in [0.15, 0.2) is 24.3 Å². The van der Waals surface area contributed by atoms with E-state index in [4.69, 9.17) is 4.74 Å². The summed E-state index contributed by atoms with van der Waals surface area (Å²) in [5, 5.41) is 3.65. The number of benzene rings is 1. The van der Waals surface area contributed by atoms with Crippen molar-refractivity contribution in [3.05, 3.63) is 35.4 Å². The van der Waals surface area contributed by atoms with Crippen LogP contribution in [-0.4, -0.2) is 19.6 Å². The lowest BCUT2D eigenvalue weighted by atomic mass is 9.81. The van der Waals surface area contributed by atoms with Crippen LogP contribution in [0.2, 0.25) is 0 Å². The first-order valence-electron chi connectivity index (χ1n) is 7.62. The third-order valence-corrected chi connectivity index (χ3v) is 4.22. The lowest BCUT2D eigenvalue weighted by Crippen LogP contribution is -2.45. The molecule has 110 valence electrons. The standard InChI is InChI=1S/C17H25NO2/c1-3-12-18-17(13-16(19)20-2)11-7-6-9-14-8-4-5-10-15(14)17/h4-5,8,10,18H,3,6-7,9,11-13H2,1-2H3. The van der Waals surface area contributed by atoms with Crippen molar-refractivity contribution in [2.45, 2.75) is 51.0 Å². The van der Waals surface area contributed by atoms with E-state index in [0.29, 0.717) is 6.42 Å². The van der Waals surface area contributed by atoms with Crippen LogP contribution in [0, 0.1) is 0 Å². The molecule has 1 atom stereocenters. The highest BCUT2D eigenvalue weighted by Crippen LogP contribution is 2.37. The van der Waals surface area contributed by atoms with Gasteiger partial charge in [0.15, 0.2) is 0 Å². The van der Waals surface area contributed by atoms with Gasteiger partial charge in [-0.3, -0.25) is 4.79 Å². The van der Waals surface area contributed by atoms with Crippen LogP contribution < -0.4 is 5.32 Å². The SMILES string of the molecule is CCCNC1(CC(=O)OC)CCCCc2ccccc21. The smallest absolute Gasteiger partial charge is 0.307 e. The molecule has 0 fully saturated rings. The summed E-state index contributed by atoms with van der Waals surface area (Å²) < 4.78 is 4.93. The Kier molecular flexibility index (Phi) is 5.18. The van der Waals surface area contributed by atoms with E-state index in [1.54, 1.807) is 0 Å². The van der Waals surface area contributed by atoms with Crippen LogP contribution in [0.1, 0.15) is 50.2 Å². The first kappa shape index (κ1) is 15.0. The summed E-state index contributed by atoms with van der Waals surface area (Å²) in [5.74, 6) is -0.134. The molecule has 20 heavy (non-hydrogen) atoms. The van der Waals surface area contributed by atoms with Crippen LogP contribution in [0.4, 0.5) is 0 Å². The molecule has 1 aromatic rings. The Morgan fingerprint density at radius 3 is 2.90 bits per heavy atom. The van der Waals surface area contributed by atoms with E-state index in [9.17, 15) is 4.79 Å². The molecule has 0 saturated heterocycles. The minimum atomic E-state index is -0.254. The molecule has 1 aromatic carbocycles. The number of hydrogen-bond acceptors (Lipinski definition) is 3. The van der Waals surface area contributed by atoms with E-state index in [-0.39, 0.29) is 11.5 Å². The molecule has 0 radical (unpaired) electrons. The maximum atomic E-state index is 11.9. The second-order valence-electron chi connectivity index (χ2n) is 5.63. The van der Waals surface area contributed by atoms with Crippen LogP contribution in [0.3, 0.4) is 0 Å². The van der Waals surface area contributed by atoms with E-state index >= 15 is 0 Å². The molecule has 0 bridgehead atoms. The summed E-state index contributed by atoms with van der Waals surface area (Å²) in [6.45, 7) is 3.08. The van der Waals surface area contributed by atoms with E-state index in [1.807, 2.05) is 0 Å². The molecule has 0 amide bonds. The van der Waals surface area contributed by atoms with Crippen LogP contribution in [0.25, 0.3) is 0 Å². The molecule has 0 saturated carbocycles. The van der Waals surface area contributed by atoms with E-state index in [1.165, 1.54) is 24.7 Å². The van der Waals surface area contributed by atoms with Gasteiger partial charge in [0.2, 0.25) is 0 Å². The molecule has 3 nitrogen and oxygen atoms in total. The van der Waals surface area contributed by atoms with Crippen molar-refractivity contribution >= 4 is 5.97 Å². The van der Waals surface area contributed by atoms with Gasteiger partial charge in [0.1, 0.15) is 0 Å². The highest BCUT2D eigenvalue weighted by molar-refractivity contribution is 5.71. The molecular formula is C17H25NO2. The third-order valence-electron chi connectivity index (χ3n) is 4.22. The quantitative estimate of drug-likeness (QED) is 0.662. The Labute approximate surface area is 121 Å². The van der Waals surface area contributed by atoms with Crippen LogP contribution >= 0.6 is 0 Å². The number of methoxy groups -OCH3 is 1. The number of nitrogens with one attached hydrogen (secondary N) is 1. The average Bonchev–Trinajstić information content (AvgIpc) is 2.66. The molecule has 2 rings (SSSR count). The maximum Gasteiger partial charge on any atom is 0.307 e. The normalized spacial score (nSPS) is 21.9. The Bertz CT molecular complexity index is 458. The summed E-state index contributed by atoms with van der Waals surface area (Å²) in [5.41, 5.74) is 2.41. The van der Waals surface area contributed by atoms with Gasteiger partial charge in [-0.15, -0.1) is 0 Å². The van der Waals surface area contributed by atoms with Crippen LogP contribution in [0.5, 0.6) is 0 Å². The van der Waals surface area contributed by atoms with E-state index in [2.05, 4.69) is 36.5 Å². The van der Waals surface area contributed by atoms with Gasteiger partial charge in [-0.1, -0.05) is 37.6 Å². The van der Waals surface area contributed by atoms with Gasteiger partial charge < -0.3 is 10.1 Å². The Balaban J connectivity index is 2.39. The van der Waals surface area contributed by atoms with Gasteiger partial charge in [-0.25, -0.2) is 0 Å². The number of ether oxygens (including phenoxy) is 1. The lowest BCUT2D eigenvalue weighted by molar-refractivity contribution is -0.142. The first-order valence-corrected chi connectivity index (χ1v) is 7.62. The highest BCUT2D eigenvalue weighted by Gasteiger charge is 2.36. The van der Waals surface area contributed by atoms with Crippen molar-refractivity contribution in [3.63, 3.8) is 0 Å². The highest BCUT2D eigenvalue weighted by atomic mass is 16.5. The fourth-order valence-electron chi connectivity index (χ4n) is 3.19. The minimum absolute atomic E-state index is 0.134. The zero-order valence-corrected chi connectivity index (χ0v) is 12.6. The monoisotopic (exact) mass is 275 g/mol. The van der Waals surface area contributed by atoms with Gasteiger partial charge in [0.05, 0.1) is 19.1 Å². The van der Waals surface area contributed by atoms with Crippen molar-refractivity contribution in [2.24, 2.45) is 0 Å². The second-order valence-corrected chi connectivity index (χ2v) is 5.63. The molecule has 0 aromatic heterocycles. The predicted octanol–water partition coefficient (Wildman–Crippen LogP) is 3.17. The Morgan fingerprint density at radius 2 is 2.15 bits per heavy atom. The zero-order chi connectivity index (χ0) is 14.4. The van der Waals surface area contributed by atoms with E-state index in [0.717, 1.165) is 32.2 Å². The molecule has 3 heteroatoms. The first-order chi connectivity index (χ1) is 9.72. The number of esters is 1. The number of hydrogen-bond donors (Lipinski definition) is 1. The minimum Gasteiger partial charge on any atom is -0.469 e. The number of carbonyl (C=O) groups excluding carboxylic acids is 1. The summed E-state index contributed by atoms with van der Waals surface area (Å²) in [7, 11) is 1.47. The topological polar surface area (TPSA) is 38.3 Å². The fraction of sp³-hybridized carbons (Fsp3) is 0.588. The van der Waals surface area contributed by atoms with E-state index < -0.39 is 0 Å². The predicted molar refractivity (Wildman–Crippen MR) is 80.6 cm³/mol. The second kappa shape index (κ2) is 6.89. The van der Waals surface area contributed by atoms with Gasteiger partial charge in [-0.2, -0.15) is 0 Å². The maximum absolute atomic E-state index is 11.9. The van der Waals surface area contributed by atoms with Gasteiger partial charge in [0.25, 0.3) is 0 Å². The molecule has 1 aliphatic carbocycles. The third kappa shape index (κ3) is 3.21. The Hall–Kier alpha value is -1.35. The number of aryl methyl sites for hydroxylation is 1. The largest absolute Gasteiger partial charge is 0.469 e. The van der Waals surface area contributed by atoms with Crippen LogP contribution in [-0.2, 0) is 21.5 Å². The van der Waals surface area contributed by atoms with Crippen molar-refractivity contribution in [1.82, 2.24) is 5.32 Å². The van der Waals surface area contributed by atoms with Gasteiger partial charge in [-0.05, 0) is 43.4 Å². The van der Waals surface area contributed by atoms with Gasteiger partial charge >= 0.3 is 5.97 Å². The summed E-state index contributed by atoms with van der Waals surface area (Å²) in [6, 6.07) is 8.53. The fourth-order valence-corrected chi connectivity index (χ4v) is 3.19. The number of carbonyl (C=O) groups is 1. The molecule has 0 spiro atoms.